The standard InChI is InChI=1S/C20H22O5/c1-12-5-6-14(8-18(12)24-3)13(2)20(23)17-7-15(10-21)16(11-22)9-19(17)25-4/h5-9,21-22H,2,10-11H2,1,3-4H3. The van der Waals surface area contributed by atoms with Crippen molar-refractivity contribution in [1.29, 1.82) is 0 Å². The fourth-order valence-corrected chi connectivity index (χ4v) is 2.61. The van der Waals surface area contributed by atoms with Crippen LogP contribution in [0.1, 0.15) is 32.6 Å². The van der Waals surface area contributed by atoms with Crippen LogP contribution in [0.5, 0.6) is 11.5 Å². The molecule has 132 valence electrons. The lowest BCUT2D eigenvalue weighted by atomic mass is 9.94. The minimum atomic E-state index is -0.318. The number of hydrogen-bond acceptors (Lipinski definition) is 5. The molecule has 2 aromatic rings. The predicted octanol–water partition coefficient (Wildman–Crippen LogP) is 2.89. The lowest BCUT2D eigenvalue weighted by Gasteiger charge is -2.14. The van der Waals surface area contributed by atoms with Gasteiger partial charge in [-0.05, 0) is 47.4 Å². The lowest BCUT2D eigenvalue weighted by molar-refractivity contribution is 0.105. The average Bonchev–Trinajstić information content (AvgIpc) is 2.65. The molecular weight excluding hydrogens is 320 g/mol. The second-order valence-corrected chi connectivity index (χ2v) is 5.63. The Morgan fingerprint density at radius 1 is 1.00 bits per heavy atom. The number of carbonyl (C=O) groups is 1. The number of benzene rings is 2. The van der Waals surface area contributed by atoms with Crippen molar-refractivity contribution in [2.75, 3.05) is 14.2 Å². The Morgan fingerprint density at radius 3 is 2.16 bits per heavy atom. The summed E-state index contributed by atoms with van der Waals surface area (Å²) < 4.78 is 10.6. The van der Waals surface area contributed by atoms with E-state index in [1.54, 1.807) is 25.3 Å². The molecule has 0 heterocycles. The summed E-state index contributed by atoms with van der Waals surface area (Å²) in [6, 6.07) is 8.51. The summed E-state index contributed by atoms with van der Waals surface area (Å²) in [6.07, 6.45) is 0. The molecule has 0 aromatic heterocycles. The summed E-state index contributed by atoms with van der Waals surface area (Å²) in [7, 11) is 3.02. The number of aliphatic hydroxyl groups excluding tert-OH is 2. The minimum absolute atomic E-state index is 0.253. The molecule has 2 N–H and O–H groups in total. The first kappa shape index (κ1) is 18.7. The topological polar surface area (TPSA) is 76.0 Å². The smallest absolute Gasteiger partial charge is 0.196 e. The Bertz CT molecular complexity index is 808. The van der Waals surface area contributed by atoms with Crippen molar-refractivity contribution in [2.24, 2.45) is 0 Å². The number of methoxy groups -OCH3 is 2. The van der Waals surface area contributed by atoms with Crippen molar-refractivity contribution in [2.45, 2.75) is 20.1 Å². The van der Waals surface area contributed by atoms with Gasteiger partial charge in [-0.1, -0.05) is 18.7 Å². The molecule has 0 spiro atoms. The van der Waals surface area contributed by atoms with E-state index in [-0.39, 0.29) is 30.1 Å². The number of carbonyl (C=O) groups excluding carboxylic acids is 1. The van der Waals surface area contributed by atoms with Gasteiger partial charge in [-0.25, -0.2) is 0 Å². The Balaban J connectivity index is 2.47. The SMILES string of the molecule is C=C(C(=O)c1cc(CO)c(CO)cc1OC)c1ccc(C)c(OC)c1. The second-order valence-electron chi connectivity index (χ2n) is 5.63. The Hall–Kier alpha value is -2.63. The van der Waals surface area contributed by atoms with Crippen LogP contribution >= 0.6 is 0 Å². The first-order chi connectivity index (χ1) is 12.0. The molecule has 0 saturated heterocycles. The van der Waals surface area contributed by atoms with Gasteiger partial charge in [-0.2, -0.15) is 0 Å². The van der Waals surface area contributed by atoms with E-state index >= 15 is 0 Å². The van der Waals surface area contributed by atoms with Crippen molar-refractivity contribution in [1.82, 2.24) is 0 Å². The molecule has 0 unspecified atom stereocenters. The lowest BCUT2D eigenvalue weighted by Crippen LogP contribution is -2.08. The molecule has 0 amide bonds. The average molecular weight is 342 g/mol. The van der Waals surface area contributed by atoms with Gasteiger partial charge in [0.05, 0.1) is 33.0 Å². The van der Waals surface area contributed by atoms with Crippen LogP contribution in [0.25, 0.3) is 5.57 Å². The summed E-state index contributed by atoms with van der Waals surface area (Å²) >= 11 is 0. The van der Waals surface area contributed by atoms with Crippen LogP contribution in [-0.4, -0.2) is 30.2 Å². The second kappa shape index (κ2) is 7.96. The zero-order valence-corrected chi connectivity index (χ0v) is 14.6. The highest BCUT2D eigenvalue weighted by molar-refractivity contribution is 6.29. The van der Waals surface area contributed by atoms with E-state index < -0.39 is 0 Å². The van der Waals surface area contributed by atoms with Gasteiger partial charge in [0.1, 0.15) is 11.5 Å². The fourth-order valence-electron chi connectivity index (χ4n) is 2.61. The minimum Gasteiger partial charge on any atom is -0.496 e. The van der Waals surface area contributed by atoms with Crippen LogP contribution in [0.15, 0.2) is 36.9 Å². The van der Waals surface area contributed by atoms with Crippen LogP contribution in [0.4, 0.5) is 0 Å². The van der Waals surface area contributed by atoms with Gasteiger partial charge in [-0.15, -0.1) is 0 Å². The maximum absolute atomic E-state index is 12.9. The third-order valence-electron chi connectivity index (χ3n) is 4.14. The normalized spacial score (nSPS) is 10.4. The summed E-state index contributed by atoms with van der Waals surface area (Å²) in [4.78, 5) is 12.9. The van der Waals surface area contributed by atoms with E-state index in [0.29, 0.717) is 28.2 Å². The van der Waals surface area contributed by atoms with E-state index in [4.69, 9.17) is 9.47 Å². The van der Waals surface area contributed by atoms with Crippen LogP contribution in [0, 0.1) is 6.92 Å². The van der Waals surface area contributed by atoms with Crippen molar-refractivity contribution in [3.8, 4) is 11.5 Å². The maximum atomic E-state index is 12.9. The van der Waals surface area contributed by atoms with E-state index in [1.807, 2.05) is 13.0 Å². The molecule has 5 nitrogen and oxygen atoms in total. The Morgan fingerprint density at radius 2 is 1.60 bits per heavy atom. The first-order valence-corrected chi connectivity index (χ1v) is 7.76. The predicted molar refractivity (Wildman–Crippen MR) is 95.9 cm³/mol. The number of rotatable bonds is 7. The number of aliphatic hydroxyl groups is 2. The first-order valence-electron chi connectivity index (χ1n) is 7.76. The zero-order valence-electron chi connectivity index (χ0n) is 14.6. The van der Waals surface area contributed by atoms with Gasteiger partial charge in [0.15, 0.2) is 5.78 Å². The summed E-state index contributed by atoms with van der Waals surface area (Å²) in [5, 5.41) is 18.9. The highest BCUT2D eigenvalue weighted by Gasteiger charge is 2.20. The van der Waals surface area contributed by atoms with Crippen LogP contribution < -0.4 is 9.47 Å². The van der Waals surface area contributed by atoms with E-state index in [9.17, 15) is 15.0 Å². The number of allylic oxidation sites excluding steroid dienone is 1. The molecule has 0 fully saturated rings. The highest BCUT2D eigenvalue weighted by atomic mass is 16.5. The van der Waals surface area contributed by atoms with Gasteiger partial charge < -0.3 is 19.7 Å². The monoisotopic (exact) mass is 342 g/mol. The van der Waals surface area contributed by atoms with Crippen LogP contribution in [0.3, 0.4) is 0 Å². The number of ketones is 1. The molecule has 0 aliphatic heterocycles. The number of aryl methyl sites for hydroxylation is 1. The van der Waals surface area contributed by atoms with Crippen LogP contribution in [-0.2, 0) is 13.2 Å². The van der Waals surface area contributed by atoms with Gasteiger partial charge in [0, 0.05) is 5.57 Å². The van der Waals surface area contributed by atoms with Crippen molar-refractivity contribution in [3.63, 3.8) is 0 Å². The maximum Gasteiger partial charge on any atom is 0.196 e. The molecule has 0 aliphatic carbocycles. The molecule has 2 rings (SSSR count). The van der Waals surface area contributed by atoms with Gasteiger partial charge >= 0.3 is 0 Å². The van der Waals surface area contributed by atoms with Crippen molar-refractivity contribution < 1.29 is 24.5 Å². The summed E-state index contributed by atoms with van der Waals surface area (Å²) in [5.74, 6) is 0.679. The highest BCUT2D eigenvalue weighted by Crippen LogP contribution is 2.30. The zero-order chi connectivity index (χ0) is 18.6. The van der Waals surface area contributed by atoms with Crippen LogP contribution in [0.2, 0.25) is 0 Å². The molecule has 5 heteroatoms. The number of ether oxygens (including phenoxy) is 2. The van der Waals surface area contributed by atoms with E-state index in [0.717, 1.165) is 5.56 Å². The van der Waals surface area contributed by atoms with E-state index in [1.165, 1.54) is 13.2 Å². The van der Waals surface area contributed by atoms with Gasteiger partial charge in [0.25, 0.3) is 0 Å². The molecule has 0 saturated carbocycles. The Kier molecular flexibility index (Phi) is 5.96. The van der Waals surface area contributed by atoms with E-state index in [2.05, 4.69) is 6.58 Å². The quantitative estimate of drug-likeness (QED) is 0.598. The molecular formula is C20H22O5. The summed E-state index contributed by atoms with van der Waals surface area (Å²) in [5.41, 5.74) is 3.16. The van der Waals surface area contributed by atoms with Gasteiger partial charge in [0.2, 0.25) is 0 Å². The molecule has 2 aromatic carbocycles. The Labute approximate surface area is 147 Å². The molecule has 25 heavy (non-hydrogen) atoms. The molecule has 0 aliphatic rings. The third kappa shape index (κ3) is 3.73. The summed E-state index contributed by atoms with van der Waals surface area (Å²) in [6.45, 7) is 5.28. The van der Waals surface area contributed by atoms with Gasteiger partial charge in [-0.3, -0.25) is 4.79 Å². The van der Waals surface area contributed by atoms with Crippen molar-refractivity contribution >= 4 is 11.4 Å². The largest absolute Gasteiger partial charge is 0.496 e. The molecule has 0 bridgehead atoms. The molecule has 0 radical (unpaired) electrons. The molecule has 0 atom stereocenters. The fraction of sp³-hybridized carbons (Fsp3) is 0.250. The van der Waals surface area contributed by atoms with Crippen molar-refractivity contribution in [3.05, 3.63) is 64.7 Å². The number of hydrogen-bond donors (Lipinski definition) is 2. The number of Topliss-reactive ketones (excluding diaryl/α,β-unsaturated/α-hetero) is 1. The third-order valence-corrected chi connectivity index (χ3v) is 4.14.